The first-order chi connectivity index (χ1) is 4.74. The molecule has 0 saturated carbocycles. The number of rotatable bonds is 5. The Morgan fingerprint density at radius 2 is 2.20 bits per heavy atom. The molecule has 2 atom stereocenters. The Kier molecular flexibility index (Phi) is 5.22. The highest BCUT2D eigenvalue weighted by Crippen LogP contribution is 2.07. The van der Waals surface area contributed by atoms with Gasteiger partial charge in [-0.1, -0.05) is 20.3 Å². The van der Waals surface area contributed by atoms with Crippen LogP contribution in [0.4, 0.5) is 0 Å². The summed E-state index contributed by atoms with van der Waals surface area (Å²) in [6.45, 7) is 4.30. The maximum atomic E-state index is 10.3. The first-order valence-electron chi connectivity index (χ1n) is 3.87. The molecule has 0 rings (SSSR count). The van der Waals surface area contributed by atoms with Crippen LogP contribution in [0.15, 0.2) is 0 Å². The Morgan fingerprint density at radius 1 is 1.60 bits per heavy atom. The van der Waals surface area contributed by atoms with Crippen LogP contribution in [0.3, 0.4) is 0 Å². The molecule has 0 spiro atoms. The molecule has 0 aromatic carbocycles. The van der Waals surface area contributed by atoms with Crippen molar-refractivity contribution < 1.29 is 4.79 Å². The largest absolute Gasteiger partial charge is 0.311 e. The van der Waals surface area contributed by atoms with E-state index in [1.807, 2.05) is 7.05 Å². The highest BCUT2D eigenvalue weighted by molar-refractivity contribution is 5.57. The molecule has 10 heavy (non-hydrogen) atoms. The molecule has 60 valence electrons. The monoisotopic (exact) mass is 143 g/mol. The molecule has 2 nitrogen and oxygen atoms in total. The molecule has 1 unspecified atom stereocenters. The van der Waals surface area contributed by atoms with Gasteiger partial charge in [0.05, 0.1) is 6.04 Å². The second-order valence-corrected chi connectivity index (χ2v) is 2.78. The van der Waals surface area contributed by atoms with E-state index in [1.165, 1.54) is 0 Å². The first-order valence-corrected chi connectivity index (χ1v) is 3.87. The van der Waals surface area contributed by atoms with E-state index < -0.39 is 0 Å². The maximum absolute atomic E-state index is 10.3. The maximum Gasteiger partial charge on any atom is 0.136 e. The summed E-state index contributed by atoms with van der Waals surface area (Å²) in [4.78, 5) is 10.3. The number of nitrogens with one attached hydrogen (secondary N) is 1. The normalized spacial score (nSPS) is 16.3. The Labute approximate surface area is 63.0 Å². The third kappa shape index (κ3) is 3.62. The van der Waals surface area contributed by atoms with Crippen LogP contribution in [0, 0.1) is 5.92 Å². The number of hydrogen-bond donors (Lipinski definition) is 1. The molecule has 1 N–H and O–H groups in total. The van der Waals surface area contributed by atoms with Gasteiger partial charge in [0.15, 0.2) is 0 Å². The van der Waals surface area contributed by atoms with E-state index in [4.69, 9.17) is 0 Å². The molecular formula is C8H17NO. The number of aldehydes is 1. The summed E-state index contributed by atoms with van der Waals surface area (Å²) in [7, 11) is 1.82. The zero-order valence-corrected chi connectivity index (χ0v) is 7.05. The average Bonchev–Trinajstić information content (AvgIpc) is 1.99. The van der Waals surface area contributed by atoms with Gasteiger partial charge in [0, 0.05) is 0 Å². The average molecular weight is 143 g/mol. The van der Waals surface area contributed by atoms with E-state index in [1.54, 1.807) is 0 Å². The number of carbonyl (C=O) groups excluding carboxylic acids is 1. The SMILES string of the molecule is CCC(C)C[C@@H](C=O)NC. The van der Waals surface area contributed by atoms with E-state index in [0.717, 1.165) is 19.1 Å². The molecule has 2 heteroatoms. The van der Waals surface area contributed by atoms with Crippen LogP contribution in [-0.2, 0) is 4.79 Å². The number of likely N-dealkylation sites (N-methyl/N-ethyl adjacent to an activating group) is 1. The molecule has 0 bridgehead atoms. The standard InChI is InChI=1S/C8H17NO/c1-4-7(2)5-8(6-10)9-3/h6-9H,4-5H2,1-3H3/t7?,8-/m0/s1. The van der Waals surface area contributed by atoms with E-state index in [0.29, 0.717) is 5.92 Å². The first kappa shape index (κ1) is 9.63. The van der Waals surface area contributed by atoms with Gasteiger partial charge in [0.2, 0.25) is 0 Å². The fourth-order valence-corrected chi connectivity index (χ4v) is 0.842. The van der Waals surface area contributed by atoms with Crippen LogP contribution in [0.5, 0.6) is 0 Å². The van der Waals surface area contributed by atoms with Crippen LogP contribution in [0.25, 0.3) is 0 Å². The van der Waals surface area contributed by atoms with Gasteiger partial charge in [-0.05, 0) is 19.4 Å². The molecule has 0 saturated heterocycles. The lowest BCUT2D eigenvalue weighted by Crippen LogP contribution is -2.28. The summed E-state index contributed by atoms with van der Waals surface area (Å²) in [5.74, 6) is 0.641. The number of hydrogen-bond acceptors (Lipinski definition) is 2. The van der Waals surface area contributed by atoms with Crippen molar-refractivity contribution >= 4 is 6.29 Å². The van der Waals surface area contributed by atoms with Gasteiger partial charge in [-0.15, -0.1) is 0 Å². The van der Waals surface area contributed by atoms with Crippen molar-refractivity contribution in [3.05, 3.63) is 0 Å². The molecule has 0 aliphatic rings. The second-order valence-electron chi connectivity index (χ2n) is 2.78. The lowest BCUT2D eigenvalue weighted by Gasteiger charge is -2.12. The lowest BCUT2D eigenvalue weighted by atomic mass is 10.0. The van der Waals surface area contributed by atoms with Crippen molar-refractivity contribution in [2.45, 2.75) is 32.7 Å². The molecule has 0 radical (unpaired) electrons. The highest BCUT2D eigenvalue weighted by atomic mass is 16.1. The van der Waals surface area contributed by atoms with Crippen LogP contribution < -0.4 is 5.32 Å². The summed E-state index contributed by atoms with van der Waals surface area (Å²) < 4.78 is 0. The van der Waals surface area contributed by atoms with Crippen molar-refractivity contribution in [2.24, 2.45) is 5.92 Å². The van der Waals surface area contributed by atoms with Gasteiger partial charge >= 0.3 is 0 Å². The molecule has 0 amide bonds. The minimum absolute atomic E-state index is 0.0509. The van der Waals surface area contributed by atoms with Crippen molar-refractivity contribution in [3.8, 4) is 0 Å². The third-order valence-electron chi connectivity index (χ3n) is 1.89. The smallest absolute Gasteiger partial charge is 0.136 e. The van der Waals surface area contributed by atoms with Gasteiger partial charge in [-0.25, -0.2) is 0 Å². The predicted octanol–water partition coefficient (Wildman–Crippen LogP) is 1.21. The van der Waals surface area contributed by atoms with Gasteiger partial charge in [0.1, 0.15) is 6.29 Å². The van der Waals surface area contributed by atoms with E-state index in [-0.39, 0.29) is 6.04 Å². The molecule has 0 aromatic rings. The zero-order chi connectivity index (χ0) is 7.98. The van der Waals surface area contributed by atoms with E-state index >= 15 is 0 Å². The molecule has 0 aromatic heterocycles. The highest BCUT2D eigenvalue weighted by Gasteiger charge is 2.07. The summed E-state index contributed by atoms with van der Waals surface area (Å²) in [5.41, 5.74) is 0. The van der Waals surface area contributed by atoms with Crippen molar-refractivity contribution in [1.82, 2.24) is 5.32 Å². The van der Waals surface area contributed by atoms with Crippen LogP contribution >= 0.6 is 0 Å². The summed E-state index contributed by atoms with van der Waals surface area (Å²) >= 11 is 0. The zero-order valence-electron chi connectivity index (χ0n) is 7.05. The minimum Gasteiger partial charge on any atom is -0.311 e. The molecule has 0 aliphatic carbocycles. The Morgan fingerprint density at radius 3 is 2.50 bits per heavy atom. The molecule has 0 heterocycles. The summed E-state index contributed by atoms with van der Waals surface area (Å²) in [6.07, 6.45) is 3.08. The minimum atomic E-state index is 0.0509. The molecule has 0 aliphatic heterocycles. The van der Waals surface area contributed by atoms with Gasteiger partial charge in [0.25, 0.3) is 0 Å². The fraction of sp³-hybridized carbons (Fsp3) is 0.875. The number of carbonyl (C=O) groups is 1. The topological polar surface area (TPSA) is 29.1 Å². The van der Waals surface area contributed by atoms with Crippen LogP contribution in [0.1, 0.15) is 26.7 Å². The van der Waals surface area contributed by atoms with Gasteiger partial charge < -0.3 is 10.1 Å². The van der Waals surface area contributed by atoms with Gasteiger partial charge in [-0.2, -0.15) is 0 Å². The summed E-state index contributed by atoms with van der Waals surface area (Å²) in [6, 6.07) is 0.0509. The van der Waals surface area contributed by atoms with Crippen LogP contribution in [-0.4, -0.2) is 19.4 Å². The van der Waals surface area contributed by atoms with Crippen molar-refractivity contribution in [2.75, 3.05) is 7.05 Å². The van der Waals surface area contributed by atoms with Crippen LogP contribution in [0.2, 0.25) is 0 Å². The van der Waals surface area contributed by atoms with Crippen molar-refractivity contribution in [3.63, 3.8) is 0 Å². The second kappa shape index (κ2) is 5.42. The Bertz CT molecular complexity index is 93.3. The fourth-order valence-electron chi connectivity index (χ4n) is 0.842. The van der Waals surface area contributed by atoms with Crippen molar-refractivity contribution in [1.29, 1.82) is 0 Å². The summed E-state index contributed by atoms with van der Waals surface area (Å²) in [5, 5.41) is 2.95. The Balaban J connectivity index is 3.51. The quantitative estimate of drug-likeness (QED) is 0.586. The van der Waals surface area contributed by atoms with E-state index in [9.17, 15) is 4.79 Å². The molecule has 0 fully saturated rings. The third-order valence-corrected chi connectivity index (χ3v) is 1.89. The van der Waals surface area contributed by atoms with E-state index in [2.05, 4.69) is 19.2 Å². The molecular weight excluding hydrogens is 126 g/mol. The lowest BCUT2D eigenvalue weighted by molar-refractivity contribution is -0.109. The predicted molar refractivity (Wildman–Crippen MR) is 43.0 cm³/mol. The Hall–Kier alpha value is -0.370. The van der Waals surface area contributed by atoms with Gasteiger partial charge in [-0.3, -0.25) is 0 Å².